The smallest absolute Gasteiger partial charge is 0.402 e. The Morgan fingerprint density at radius 3 is 1.18 bits per heavy atom. The van der Waals surface area contributed by atoms with Crippen LogP contribution in [0.1, 0.15) is 33.4 Å². The Balaban J connectivity index is 0.000000640. The molecule has 0 saturated heterocycles. The summed E-state index contributed by atoms with van der Waals surface area (Å²) in [6.45, 7) is 6.51. The highest BCUT2D eigenvalue weighted by molar-refractivity contribution is 7.16. The van der Waals surface area contributed by atoms with Crippen molar-refractivity contribution in [1.82, 2.24) is 0 Å². The van der Waals surface area contributed by atoms with Crippen LogP contribution in [0.2, 0.25) is 0 Å². The standard InChI is InChI=1S/C23H25P.BH3O3/c1-17-7-4-10-20(13-17)23(16-24,21-11-5-8-18(2)14-21)22-12-6-9-19(3)15-22;2-1(3)4/h4-15H,16,24H2,1-3H3;2-4H. The van der Waals surface area contributed by atoms with Crippen LogP contribution in [0, 0.1) is 20.8 Å². The molecule has 0 saturated carbocycles. The Labute approximate surface area is 170 Å². The van der Waals surface area contributed by atoms with Crippen LogP contribution in [0.5, 0.6) is 0 Å². The van der Waals surface area contributed by atoms with E-state index in [0.29, 0.717) is 0 Å². The van der Waals surface area contributed by atoms with Crippen molar-refractivity contribution in [2.45, 2.75) is 26.2 Å². The molecule has 3 aromatic rings. The van der Waals surface area contributed by atoms with Gasteiger partial charge in [-0.15, -0.1) is 9.24 Å². The lowest BCUT2D eigenvalue weighted by molar-refractivity contribution is 0.278. The quantitative estimate of drug-likeness (QED) is 0.359. The molecule has 3 nitrogen and oxygen atoms in total. The van der Waals surface area contributed by atoms with Crippen molar-refractivity contribution < 1.29 is 15.1 Å². The Morgan fingerprint density at radius 1 is 0.679 bits per heavy atom. The predicted molar refractivity (Wildman–Crippen MR) is 120 cm³/mol. The highest BCUT2D eigenvalue weighted by Crippen LogP contribution is 2.41. The van der Waals surface area contributed by atoms with Gasteiger partial charge in [0.2, 0.25) is 0 Å². The fourth-order valence-electron chi connectivity index (χ4n) is 3.59. The summed E-state index contributed by atoms with van der Waals surface area (Å²) in [5.41, 5.74) is 7.83. The van der Waals surface area contributed by atoms with Crippen molar-refractivity contribution in [3.63, 3.8) is 0 Å². The molecular formula is C23H28BO3P. The Kier molecular flexibility index (Phi) is 7.97. The highest BCUT2D eigenvalue weighted by atomic mass is 31.0. The zero-order valence-corrected chi connectivity index (χ0v) is 17.8. The van der Waals surface area contributed by atoms with Gasteiger partial charge in [-0.1, -0.05) is 89.5 Å². The first-order valence-corrected chi connectivity index (χ1v) is 10.1. The molecule has 0 amide bonds. The van der Waals surface area contributed by atoms with Gasteiger partial charge in [0, 0.05) is 5.41 Å². The van der Waals surface area contributed by atoms with Gasteiger partial charge in [-0.2, -0.15) is 0 Å². The molecule has 3 N–H and O–H groups in total. The number of hydrogen-bond acceptors (Lipinski definition) is 3. The molecule has 0 aliphatic heterocycles. The molecule has 0 heterocycles. The monoisotopic (exact) mass is 394 g/mol. The van der Waals surface area contributed by atoms with Gasteiger partial charge in [0.05, 0.1) is 0 Å². The van der Waals surface area contributed by atoms with Gasteiger partial charge in [-0.25, -0.2) is 0 Å². The zero-order chi connectivity index (χ0) is 20.7. The summed E-state index contributed by atoms with van der Waals surface area (Å²) in [5.74, 6) is 0. The molecule has 0 spiro atoms. The maximum atomic E-state index is 7.17. The van der Waals surface area contributed by atoms with Crippen LogP contribution in [0.25, 0.3) is 0 Å². The van der Waals surface area contributed by atoms with Crippen LogP contribution < -0.4 is 0 Å². The Morgan fingerprint density at radius 2 is 0.964 bits per heavy atom. The van der Waals surface area contributed by atoms with E-state index in [4.69, 9.17) is 15.1 Å². The maximum Gasteiger partial charge on any atom is 0.631 e. The molecule has 146 valence electrons. The minimum absolute atomic E-state index is 0.144. The van der Waals surface area contributed by atoms with Gasteiger partial charge >= 0.3 is 7.32 Å². The van der Waals surface area contributed by atoms with E-state index in [1.807, 2.05) is 0 Å². The summed E-state index contributed by atoms with van der Waals surface area (Å²) in [5, 5.41) is 21.5. The lowest BCUT2D eigenvalue weighted by Crippen LogP contribution is -2.31. The van der Waals surface area contributed by atoms with Gasteiger partial charge in [0.25, 0.3) is 0 Å². The van der Waals surface area contributed by atoms with Gasteiger partial charge in [-0.05, 0) is 43.6 Å². The largest absolute Gasteiger partial charge is 0.631 e. The third kappa shape index (κ3) is 5.30. The second kappa shape index (κ2) is 10.00. The molecule has 5 heteroatoms. The maximum absolute atomic E-state index is 7.17. The molecule has 0 aromatic heterocycles. The van der Waals surface area contributed by atoms with Crippen LogP contribution in [-0.2, 0) is 5.41 Å². The molecule has 3 aromatic carbocycles. The first kappa shape index (κ1) is 22.3. The number of hydrogen-bond donors (Lipinski definition) is 3. The van der Waals surface area contributed by atoms with Crippen molar-refractivity contribution in [2.24, 2.45) is 0 Å². The molecule has 0 aliphatic rings. The lowest BCUT2D eigenvalue weighted by Gasteiger charge is -2.35. The van der Waals surface area contributed by atoms with E-state index in [9.17, 15) is 0 Å². The second-order valence-electron chi connectivity index (χ2n) is 7.06. The van der Waals surface area contributed by atoms with E-state index in [-0.39, 0.29) is 5.41 Å². The van der Waals surface area contributed by atoms with E-state index in [1.165, 1.54) is 33.4 Å². The number of benzene rings is 3. The number of rotatable bonds is 4. The summed E-state index contributed by atoms with van der Waals surface area (Å²) in [7, 11) is 0.825. The Bertz CT molecular complexity index is 798. The minimum Gasteiger partial charge on any atom is -0.402 e. The van der Waals surface area contributed by atoms with Crippen molar-refractivity contribution in [3.05, 3.63) is 106 Å². The van der Waals surface area contributed by atoms with Crippen LogP contribution in [0.4, 0.5) is 0 Å². The highest BCUT2D eigenvalue weighted by Gasteiger charge is 2.34. The van der Waals surface area contributed by atoms with Crippen LogP contribution in [0.15, 0.2) is 72.8 Å². The van der Waals surface area contributed by atoms with Crippen molar-refractivity contribution in [3.8, 4) is 0 Å². The summed E-state index contributed by atoms with van der Waals surface area (Å²) in [6.07, 6.45) is 0.948. The fraction of sp³-hybridized carbons (Fsp3) is 0.217. The second-order valence-corrected chi connectivity index (χ2v) is 7.47. The first-order chi connectivity index (χ1) is 13.3. The van der Waals surface area contributed by atoms with E-state index in [1.54, 1.807) is 0 Å². The lowest BCUT2D eigenvalue weighted by atomic mass is 9.70. The normalized spacial score (nSPS) is 10.8. The van der Waals surface area contributed by atoms with Crippen molar-refractivity contribution in [2.75, 3.05) is 6.16 Å². The van der Waals surface area contributed by atoms with E-state index < -0.39 is 7.32 Å². The van der Waals surface area contributed by atoms with Gasteiger partial charge in [0.15, 0.2) is 0 Å². The molecule has 1 unspecified atom stereocenters. The van der Waals surface area contributed by atoms with E-state index in [0.717, 1.165) is 6.16 Å². The predicted octanol–water partition coefficient (Wildman–Crippen LogP) is 3.77. The molecular weight excluding hydrogens is 366 g/mol. The summed E-state index contributed by atoms with van der Waals surface area (Å²) >= 11 is 0. The zero-order valence-electron chi connectivity index (χ0n) is 16.6. The SMILES string of the molecule is Cc1cccc(C(CP)(c2cccc(C)c2)c2cccc(C)c2)c1.OB(O)O. The first-order valence-electron chi connectivity index (χ1n) is 9.25. The molecule has 1 atom stereocenters. The van der Waals surface area contributed by atoms with E-state index >= 15 is 0 Å². The summed E-state index contributed by atoms with van der Waals surface area (Å²) in [6, 6.07) is 26.8. The molecule has 28 heavy (non-hydrogen) atoms. The topological polar surface area (TPSA) is 60.7 Å². The average Bonchev–Trinajstić information content (AvgIpc) is 2.63. The van der Waals surface area contributed by atoms with E-state index in [2.05, 4.69) is 103 Å². The van der Waals surface area contributed by atoms with Crippen molar-refractivity contribution >= 4 is 16.6 Å². The third-order valence-electron chi connectivity index (χ3n) is 4.84. The van der Waals surface area contributed by atoms with Crippen LogP contribution in [-0.4, -0.2) is 28.6 Å². The fourth-order valence-corrected chi connectivity index (χ4v) is 4.29. The Hall–Kier alpha value is -1.97. The summed E-state index contributed by atoms with van der Waals surface area (Å²) < 4.78 is 0. The molecule has 0 bridgehead atoms. The minimum atomic E-state index is -2.17. The van der Waals surface area contributed by atoms with Gasteiger partial charge in [0.1, 0.15) is 0 Å². The molecule has 0 fully saturated rings. The van der Waals surface area contributed by atoms with Crippen LogP contribution in [0.3, 0.4) is 0 Å². The molecule has 0 radical (unpaired) electrons. The van der Waals surface area contributed by atoms with Gasteiger partial charge < -0.3 is 15.1 Å². The molecule has 3 rings (SSSR count). The number of aryl methyl sites for hydroxylation is 3. The average molecular weight is 394 g/mol. The van der Waals surface area contributed by atoms with Crippen molar-refractivity contribution in [1.29, 1.82) is 0 Å². The molecule has 0 aliphatic carbocycles. The summed E-state index contributed by atoms with van der Waals surface area (Å²) in [4.78, 5) is 0. The van der Waals surface area contributed by atoms with Crippen LogP contribution >= 0.6 is 9.24 Å². The van der Waals surface area contributed by atoms with Gasteiger partial charge in [-0.3, -0.25) is 0 Å². The third-order valence-corrected chi connectivity index (χ3v) is 5.45.